The van der Waals surface area contributed by atoms with E-state index in [1.807, 2.05) is 18.2 Å². The number of aromatic hydroxyl groups is 1. The normalized spacial score (nSPS) is 11.7. The Hall–Kier alpha value is -2.37. The topological polar surface area (TPSA) is 76.2 Å². The number of carbonyl (C=O) groups excluding carboxylic acids is 1. The van der Waals surface area contributed by atoms with Crippen LogP contribution in [0.5, 0.6) is 11.6 Å². The third-order valence-corrected chi connectivity index (χ3v) is 4.27. The number of nitrogens with zero attached hydrogens (tertiary/aromatic N) is 3. The minimum absolute atomic E-state index is 0.0319. The average Bonchev–Trinajstić information content (AvgIpc) is 2.87. The lowest BCUT2D eigenvalue weighted by molar-refractivity contribution is -0.118. The zero-order valence-electron chi connectivity index (χ0n) is 16.2. The first-order valence-electron chi connectivity index (χ1n) is 9.31. The highest BCUT2D eigenvalue weighted by Crippen LogP contribution is 2.40. The first-order chi connectivity index (χ1) is 12.5. The molecule has 0 saturated carbocycles. The van der Waals surface area contributed by atoms with Gasteiger partial charge in [-0.05, 0) is 30.5 Å². The summed E-state index contributed by atoms with van der Waals surface area (Å²) in [5.41, 5.74) is 1.17. The number of hydrogen-bond acceptors (Lipinski definition) is 4. The first-order valence-corrected chi connectivity index (χ1v) is 9.31. The monoisotopic (exact) mass is 359 g/mol. The van der Waals surface area contributed by atoms with E-state index in [4.69, 9.17) is 4.74 Å². The van der Waals surface area contributed by atoms with Gasteiger partial charge in [-0.3, -0.25) is 4.79 Å². The van der Waals surface area contributed by atoms with Crippen LogP contribution in [0.15, 0.2) is 28.4 Å². The van der Waals surface area contributed by atoms with Gasteiger partial charge in [-0.1, -0.05) is 40.0 Å². The lowest BCUT2D eigenvalue weighted by atomic mass is 10.1. The predicted octanol–water partition coefficient (Wildman–Crippen LogP) is 5.59. The Morgan fingerprint density at radius 3 is 2.69 bits per heavy atom. The van der Waals surface area contributed by atoms with Gasteiger partial charge in [-0.2, -0.15) is 0 Å². The van der Waals surface area contributed by atoms with Gasteiger partial charge in [0.05, 0.1) is 12.6 Å². The first kappa shape index (κ1) is 19.9. The van der Waals surface area contributed by atoms with Crippen molar-refractivity contribution >= 4 is 22.5 Å². The van der Waals surface area contributed by atoms with Crippen LogP contribution in [-0.4, -0.2) is 22.7 Å². The molecule has 0 spiro atoms. The second-order valence-electron chi connectivity index (χ2n) is 6.96. The lowest BCUT2D eigenvalue weighted by Crippen LogP contribution is -2.03. The summed E-state index contributed by atoms with van der Waals surface area (Å²) in [5.74, 6) is 0.794. The maximum Gasteiger partial charge on any atom is 0.264 e. The van der Waals surface area contributed by atoms with Gasteiger partial charge < -0.3 is 14.4 Å². The number of azo groups is 1. The van der Waals surface area contributed by atoms with Crippen molar-refractivity contribution in [3.63, 3.8) is 0 Å². The number of carbonyl (C=O) groups is 1. The molecule has 0 aliphatic carbocycles. The number of hydrogen-bond donors (Lipinski definition) is 1. The summed E-state index contributed by atoms with van der Waals surface area (Å²) in [5, 5.41) is 19.3. The Bertz CT molecular complexity index is 778. The van der Waals surface area contributed by atoms with Gasteiger partial charge >= 0.3 is 0 Å². The number of ether oxygens (including phenoxy) is 1. The fourth-order valence-corrected chi connectivity index (χ4v) is 2.94. The highest BCUT2D eigenvalue weighted by atomic mass is 16.5. The molecule has 26 heavy (non-hydrogen) atoms. The summed E-state index contributed by atoms with van der Waals surface area (Å²) in [6, 6.07) is 5.55. The van der Waals surface area contributed by atoms with Crippen molar-refractivity contribution in [1.29, 1.82) is 0 Å². The Balaban J connectivity index is 2.31. The van der Waals surface area contributed by atoms with E-state index in [-0.39, 0.29) is 11.8 Å². The molecular formula is C20H29N3O3. The zero-order chi connectivity index (χ0) is 19.1. The molecular weight excluding hydrogens is 330 g/mol. The second kappa shape index (κ2) is 9.36. The minimum atomic E-state index is -0.256. The summed E-state index contributed by atoms with van der Waals surface area (Å²) >= 11 is 0. The van der Waals surface area contributed by atoms with Crippen molar-refractivity contribution in [1.82, 2.24) is 4.57 Å². The maximum atomic E-state index is 12.0. The molecule has 6 nitrogen and oxygen atoms in total. The van der Waals surface area contributed by atoms with E-state index in [0.29, 0.717) is 30.3 Å². The van der Waals surface area contributed by atoms with Crippen LogP contribution in [0.1, 0.15) is 52.9 Å². The minimum Gasteiger partial charge on any atom is -0.497 e. The van der Waals surface area contributed by atoms with E-state index in [9.17, 15) is 9.90 Å². The molecule has 2 rings (SSSR count). The zero-order valence-corrected chi connectivity index (χ0v) is 16.2. The average molecular weight is 359 g/mol. The van der Waals surface area contributed by atoms with Crippen molar-refractivity contribution in [2.75, 3.05) is 7.11 Å². The van der Waals surface area contributed by atoms with Gasteiger partial charge in [-0.25, -0.2) is 0 Å². The van der Waals surface area contributed by atoms with E-state index in [2.05, 4.69) is 31.0 Å². The molecule has 0 atom stereocenters. The van der Waals surface area contributed by atoms with E-state index in [1.165, 1.54) is 0 Å². The molecule has 0 aliphatic heterocycles. The molecule has 0 fully saturated rings. The van der Waals surface area contributed by atoms with Crippen molar-refractivity contribution in [2.24, 2.45) is 16.1 Å². The largest absolute Gasteiger partial charge is 0.497 e. The highest BCUT2D eigenvalue weighted by molar-refractivity contribution is 5.96. The number of aromatic nitrogens is 1. The maximum absolute atomic E-state index is 12.0. The molecule has 1 N–H and O–H groups in total. The van der Waals surface area contributed by atoms with Crippen LogP contribution in [-0.2, 0) is 11.3 Å². The van der Waals surface area contributed by atoms with Gasteiger partial charge in [0.1, 0.15) is 5.75 Å². The fraction of sp³-hybridized carbons (Fsp3) is 0.550. The molecule has 142 valence electrons. The van der Waals surface area contributed by atoms with E-state index >= 15 is 0 Å². The Kier molecular flexibility index (Phi) is 7.18. The third kappa shape index (κ3) is 4.84. The van der Waals surface area contributed by atoms with Crippen molar-refractivity contribution in [3.05, 3.63) is 18.2 Å². The van der Waals surface area contributed by atoms with Crippen molar-refractivity contribution in [2.45, 2.75) is 59.4 Å². The Labute approximate surface area is 154 Å². The lowest BCUT2D eigenvalue weighted by Gasteiger charge is -2.09. The van der Waals surface area contributed by atoms with Gasteiger partial charge in [0, 0.05) is 18.4 Å². The van der Waals surface area contributed by atoms with E-state index < -0.39 is 0 Å². The summed E-state index contributed by atoms with van der Waals surface area (Å²) in [7, 11) is 1.59. The Morgan fingerprint density at radius 2 is 2.04 bits per heavy atom. The van der Waals surface area contributed by atoms with Crippen LogP contribution in [0, 0.1) is 5.92 Å². The number of benzene rings is 1. The van der Waals surface area contributed by atoms with E-state index in [0.717, 1.165) is 36.6 Å². The van der Waals surface area contributed by atoms with Gasteiger partial charge in [0.15, 0.2) is 5.69 Å². The smallest absolute Gasteiger partial charge is 0.264 e. The molecule has 0 aliphatic rings. The molecule has 2 aromatic rings. The van der Waals surface area contributed by atoms with Crippen LogP contribution in [0.4, 0.5) is 5.69 Å². The van der Waals surface area contributed by atoms with Crippen molar-refractivity contribution in [3.8, 4) is 11.6 Å². The quantitative estimate of drug-likeness (QED) is 0.468. The number of fused-ring (bicyclic) bond motifs is 1. The summed E-state index contributed by atoms with van der Waals surface area (Å²) in [4.78, 5) is 12.0. The summed E-state index contributed by atoms with van der Waals surface area (Å²) in [6.45, 7) is 6.94. The van der Waals surface area contributed by atoms with Crippen LogP contribution >= 0.6 is 0 Å². The number of unbranched alkanes of at least 4 members (excludes halogenated alkanes) is 3. The predicted molar refractivity (Wildman–Crippen MR) is 103 cm³/mol. The van der Waals surface area contributed by atoms with E-state index in [1.54, 1.807) is 11.7 Å². The highest BCUT2D eigenvalue weighted by Gasteiger charge is 2.18. The van der Waals surface area contributed by atoms with Crippen LogP contribution in [0.25, 0.3) is 10.9 Å². The molecule has 0 bridgehead atoms. The van der Waals surface area contributed by atoms with Gasteiger partial charge in [0.25, 0.3) is 5.91 Å². The molecule has 1 aromatic heterocycles. The van der Waals surface area contributed by atoms with Crippen LogP contribution < -0.4 is 4.74 Å². The second-order valence-corrected chi connectivity index (χ2v) is 6.96. The Morgan fingerprint density at radius 1 is 1.27 bits per heavy atom. The SMILES string of the molecule is CCCCCCC(=O)N=Nc1c(O)n(CC(C)C)c2ccc(OC)cc12. The summed E-state index contributed by atoms with van der Waals surface area (Å²) in [6.07, 6.45) is 4.47. The van der Waals surface area contributed by atoms with Gasteiger partial charge in [-0.15, -0.1) is 10.2 Å². The van der Waals surface area contributed by atoms with Crippen molar-refractivity contribution < 1.29 is 14.6 Å². The van der Waals surface area contributed by atoms with Gasteiger partial charge in [0.2, 0.25) is 5.88 Å². The molecule has 6 heteroatoms. The molecule has 1 heterocycles. The fourth-order valence-electron chi connectivity index (χ4n) is 2.94. The molecule has 1 aromatic carbocycles. The molecule has 1 amide bonds. The third-order valence-electron chi connectivity index (χ3n) is 4.27. The number of rotatable bonds is 9. The van der Waals surface area contributed by atoms with Crippen LogP contribution in [0.3, 0.4) is 0 Å². The molecule has 0 unspecified atom stereocenters. The summed E-state index contributed by atoms with van der Waals surface area (Å²) < 4.78 is 7.08. The number of methoxy groups -OCH3 is 1. The number of amides is 1. The van der Waals surface area contributed by atoms with Crippen LogP contribution in [0.2, 0.25) is 0 Å². The standard InChI is InChI=1S/C20H29N3O3/c1-5-6-7-8-9-18(24)21-22-19-16-12-15(26-4)10-11-17(16)23(20(19)25)13-14(2)3/h10-12,14,25H,5-9,13H2,1-4H3. The molecule has 0 radical (unpaired) electrons. The molecule has 0 saturated heterocycles.